The number of halogens is 2. The third-order valence-electron chi connectivity index (χ3n) is 5.04. The van der Waals surface area contributed by atoms with Crippen LogP contribution in [0.4, 0.5) is 11.5 Å². The summed E-state index contributed by atoms with van der Waals surface area (Å²) < 4.78 is 6.77. The van der Waals surface area contributed by atoms with Gasteiger partial charge in [-0.2, -0.15) is 0 Å². The third-order valence-corrected chi connectivity index (χ3v) is 6.38. The summed E-state index contributed by atoms with van der Waals surface area (Å²) in [6.07, 6.45) is 5.58. The van der Waals surface area contributed by atoms with Crippen LogP contribution in [-0.4, -0.2) is 27.5 Å². The molecule has 4 aromatic rings. The van der Waals surface area contributed by atoms with E-state index in [0.717, 1.165) is 45.3 Å². The highest BCUT2D eigenvalue weighted by atomic mass is 35.5. The Morgan fingerprint density at radius 3 is 2.91 bits per heavy atom. The van der Waals surface area contributed by atoms with Crippen LogP contribution in [0.1, 0.15) is 23.4 Å². The number of thiophene rings is 1. The summed E-state index contributed by atoms with van der Waals surface area (Å²) in [7, 11) is 0. The Hall–Kier alpha value is -2.89. The highest BCUT2D eigenvalue weighted by molar-refractivity contribution is 7.20. The second-order valence-corrected chi connectivity index (χ2v) is 8.80. The average Bonchev–Trinajstić information content (AvgIpc) is 3.48. The zero-order valence-electron chi connectivity index (χ0n) is 17.5. The van der Waals surface area contributed by atoms with Crippen molar-refractivity contribution in [2.75, 3.05) is 11.9 Å². The van der Waals surface area contributed by atoms with Gasteiger partial charge in [0.15, 0.2) is 5.82 Å². The molecular formula is C24H21Cl2N5OS. The van der Waals surface area contributed by atoms with Gasteiger partial charge in [0, 0.05) is 11.9 Å². The molecule has 5 rings (SSSR count). The second-order valence-electron chi connectivity index (χ2n) is 7.35. The largest absolute Gasteiger partial charge is 0.486 e. The minimum atomic E-state index is 0. The van der Waals surface area contributed by atoms with Crippen molar-refractivity contribution in [3.05, 3.63) is 70.6 Å². The Morgan fingerprint density at radius 1 is 1.18 bits per heavy atom. The van der Waals surface area contributed by atoms with Gasteiger partial charge in [-0.15, -0.1) is 23.7 Å². The lowest BCUT2D eigenvalue weighted by molar-refractivity contribution is 0.301. The zero-order valence-corrected chi connectivity index (χ0v) is 19.9. The molecule has 4 heterocycles. The molecule has 0 saturated carbocycles. The average molecular weight is 498 g/mol. The van der Waals surface area contributed by atoms with Gasteiger partial charge in [0.2, 0.25) is 0 Å². The summed E-state index contributed by atoms with van der Waals surface area (Å²) in [6, 6.07) is 13.6. The number of fused-ring (bicyclic) bond motifs is 1. The number of nitrogens with zero attached hydrogens (tertiary/aromatic N) is 3. The van der Waals surface area contributed by atoms with Crippen LogP contribution in [0.25, 0.3) is 10.2 Å². The van der Waals surface area contributed by atoms with Crippen LogP contribution in [0, 0.1) is 11.8 Å². The molecule has 1 aromatic carbocycles. The summed E-state index contributed by atoms with van der Waals surface area (Å²) in [5.74, 6) is 7.92. The molecule has 1 fully saturated rings. The molecule has 0 bridgehead atoms. The van der Waals surface area contributed by atoms with E-state index in [4.69, 9.17) is 16.3 Å². The van der Waals surface area contributed by atoms with E-state index in [2.05, 4.69) is 37.4 Å². The van der Waals surface area contributed by atoms with Crippen LogP contribution >= 0.6 is 35.3 Å². The molecule has 0 amide bonds. The molecule has 6 nitrogen and oxygen atoms in total. The molecule has 1 atom stereocenters. The number of pyridine rings is 1. The van der Waals surface area contributed by atoms with Crippen molar-refractivity contribution in [1.29, 1.82) is 0 Å². The number of nitrogens with one attached hydrogen (secondary N) is 2. The smallest absolute Gasteiger partial charge is 0.151 e. The van der Waals surface area contributed by atoms with E-state index in [1.165, 1.54) is 6.42 Å². The van der Waals surface area contributed by atoms with E-state index in [1.807, 2.05) is 42.5 Å². The predicted molar refractivity (Wildman–Crippen MR) is 136 cm³/mol. The predicted octanol–water partition coefficient (Wildman–Crippen LogP) is 5.59. The fourth-order valence-corrected chi connectivity index (χ4v) is 4.59. The standard InChI is InChI=1S/C24H20ClN5OS.ClH/c25-20-12-17(7-9-22(20)31-14-18-4-1-2-10-27-18)30-24-23-21(28-15-29-24)13-19(32-23)8-6-16-5-3-11-26-16;/h1-2,4,7,9-10,12-13,15-16,26H,3,5,11,14H2,(H,28,29,30);1H. The molecule has 0 spiro atoms. The molecular weight excluding hydrogens is 477 g/mol. The molecule has 2 N–H and O–H groups in total. The van der Waals surface area contributed by atoms with Crippen molar-refractivity contribution in [2.45, 2.75) is 25.5 Å². The van der Waals surface area contributed by atoms with E-state index in [-0.39, 0.29) is 18.4 Å². The van der Waals surface area contributed by atoms with Gasteiger partial charge >= 0.3 is 0 Å². The number of benzene rings is 1. The van der Waals surface area contributed by atoms with Gasteiger partial charge < -0.3 is 15.4 Å². The van der Waals surface area contributed by atoms with E-state index in [1.54, 1.807) is 23.9 Å². The highest BCUT2D eigenvalue weighted by Gasteiger charge is 2.12. The monoisotopic (exact) mass is 497 g/mol. The first-order valence-electron chi connectivity index (χ1n) is 10.3. The van der Waals surface area contributed by atoms with Gasteiger partial charge in [0.25, 0.3) is 0 Å². The van der Waals surface area contributed by atoms with Crippen molar-refractivity contribution >= 4 is 57.1 Å². The minimum absolute atomic E-state index is 0. The number of anilines is 2. The molecule has 1 unspecified atom stereocenters. The maximum Gasteiger partial charge on any atom is 0.151 e. The van der Waals surface area contributed by atoms with E-state index >= 15 is 0 Å². The first kappa shape index (κ1) is 23.3. The van der Waals surface area contributed by atoms with Crippen LogP contribution < -0.4 is 15.4 Å². The van der Waals surface area contributed by atoms with Crippen LogP contribution in [0.2, 0.25) is 5.02 Å². The van der Waals surface area contributed by atoms with Crippen molar-refractivity contribution in [3.63, 3.8) is 0 Å². The van der Waals surface area contributed by atoms with Crippen LogP contribution in [0.15, 0.2) is 55.0 Å². The SMILES string of the molecule is Cl.Clc1cc(Nc2ncnc3cc(C#CC4CCCN4)sc23)ccc1OCc1ccccn1. The number of hydrogen-bond acceptors (Lipinski definition) is 7. The molecule has 1 aliphatic heterocycles. The lowest BCUT2D eigenvalue weighted by atomic mass is 10.2. The summed E-state index contributed by atoms with van der Waals surface area (Å²) in [4.78, 5) is 14.1. The third kappa shape index (κ3) is 5.73. The maximum absolute atomic E-state index is 6.45. The molecule has 33 heavy (non-hydrogen) atoms. The molecule has 1 saturated heterocycles. The number of rotatable bonds is 5. The normalized spacial score (nSPS) is 14.9. The van der Waals surface area contributed by atoms with Gasteiger partial charge in [0.05, 0.1) is 31.9 Å². The molecule has 1 aliphatic rings. The fraction of sp³-hybridized carbons (Fsp3) is 0.208. The number of hydrogen-bond donors (Lipinski definition) is 2. The highest BCUT2D eigenvalue weighted by Crippen LogP contribution is 2.33. The minimum Gasteiger partial charge on any atom is -0.486 e. The van der Waals surface area contributed by atoms with Crippen LogP contribution in [0.5, 0.6) is 5.75 Å². The topological polar surface area (TPSA) is 72.0 Å². The van der Waals surface area contributed by atoms with Gasteiger partial charge in [-0.25, -0.2) is 9.97 Å². The summed E-state index contributed by atoms with van der Waals surface area (Å²) >= 11 is 8.03. The van der Waals surface area contributed by atoms with E-state index in [9.17, 15) is 0 Å². The fourth-order valence-electron chi connectivity index (χ4n) is 3.44. The molecule has 0 radical (unpaired) electrons. The Balaban J connectivity index is 0.00000259. The molecule has 168 valence electrons. The van der Waals surface area contributed by atoms with Crippen molar-refractivity contribution in [1.82, 2.24) is 20.3 Å². The van der Waals surface area contributed by atoms with Crippen molar-refractivity contribution in [2.24, 2.45) is 0 Å². The van der Waals surface area contributed by atoms with Crippen LogP contribution in [0.3, 0.4) is 0 Å². The quantitative estimate of drug-likeness (QED) is 0.350. The van der Waals surface area contributed by atoms with Gasteiger partial charge in [-0.3, -0.25) is 4.98 Å². The lowest BCUT2D eigenvalue weighted by Crippen LogP contribution is -2.18. The second kappa shape index (κ2) is 10.8. The van der Waals surface area contributed by atoms with Crippen molar-refractivity contribution < 1.29 is 4.74 Å². The maximum atomic E-state index is 6.45. The zero-order chi connectivity index (χ0) is 21.8. The van der Waals surface area contributed by atoms with Crippen molar-refractivity contribution in [3.8, 4) is 17.6 Å². The van der Waals surface area contributed by atoms with E-state index in [0.29, 0.717) is 17.4 Å². The van der Waals surface area contributed by atoms with Gasteiger partial charge in [-0.1, -0.05) is 29.5 Å². The van der Waals surface area contributed by atoms with Crippen LogP contribution in [-0.2, 0) is 6.61 Å². The molecule has 9 heteroatoms. The Kier molecular flexibility index (Phi) is 7.63. The summed E-state index contributed by atoms with van der Waals surface area (Å²) in [6.45, 7) is 1.40. The Bertz CT molecular complexity index is 1300. The van der Waals surface area contributed by atoms with E-state index < -0.39 is 0 Å². The Morgan fingerprint density at radius 2 is 2.12 bits per heavy atom. The Labute approximate surface area is 207 Å². The molecule has 3 aromatic heterocycles. The lowest BCUT2D eigenvalue weighted by Gasteiger charge is -2.11. The first-order valence-corrected chi connectivity index (χ1v) is 11.5. The number of ether oxygens (including phenoxy) is 1. The number of aromatic nitrogens is 3. The molecule has 0 aliphatic carbocycles. The summed E-state index contributed by atoms with van der Waals surface area (Å²) in [5, 5.41) is 7.25. The van der Waals surface area contributed by atoms with Gasteiger partial charge in [0.1, 0.15) is 18.7 Å². The van der Waals surface area contributed by atoms with Gasteiger partial charge in [-0.05, 0) is 55.8 Å². The summed E-state index contributed by atoms with van der Waals surface area (Å²) in [5.41, 5.74) is 2.53. The first-order chi connectivity index (χ1) is 15.7.